The Labute approximate surface area is 163 Å². The number of carbonyl (C=O) groups is 2. The highest BCUT2D eigenvalue weighted by atomic mass is 16.5. The third kappa shape index (κ3) is 3.75. The molecule has 1 N–H and O–H groups in total. The first-order chi connectivity index (χ1) is 13.4. The van der Waals surface area contributed by atoms with Crippen molar-refractivity contribution >= 4 is 17.4 Å². The predicted octanol–water partition coefficient (Wildman–Crippen LogP) is 2.07. The molecular formula is C21H23N3O4. The van der Waals surface area contributed by atoms with Crippen LogP contribution in [-0.2, 0) is 9.59 Å². The SMILES string of the molecule is COc1cccc(C(O)=C2C(=O)C(=O)N(CCN(C)C)C2c2ccncc2)c1. The van der Waals surface area contributed by atoms with Crippen LogP contribution in [0.15, 0.2) is 54.4 Å². The van der Waals surface area contributed by atoms with Crippen LogP contribution in [0.3, 0.4) is 0 Å². The molecule has 28 heavy (non-hydrogen) atoms. The van der Waals surface area contributed by atoms with Crippen molar-refractivity contribution < 1.29 is 19.4 Å². The number of aromatic nitrogens is 1. The van der Waals surface area contributed by atoms with Gasteiger partial charge in [0, 0.05) is 31.0 Å². The fraction of sp³-hybridized carbons (Fsp3) is 0.286. The summed E-state index contributed by atoms with van der Waals surface area (Å²) >= 11 is 0. The second kappa shape index (κ2) is 8.22. The number of likely N-dealkylation sites (N-methyl/N-ethyl adjacent to an activating group) is 1. The van der Waals surface area contributed by atoms with Gasteiger partial charge in [-0.1, -0.05) is 12.1 Å². The molecule has 1 aromatic carbocycles. The van der Waals surface area contributed by atoms with Gasteiger partial charge in [0.2, 0.25) is 0 Å². The molecular weight excluding hydrogens is 358 g/mol. The van der Waals surface area contributed by atoms with Crippen LogP contribution in [-0.4, -0.2) is 65.9 Å². The van der Waals surface area contributed by atoms with Crippen molar-refractivity contribution in [1.29, 1.82) is 0 Å². The number of carbonyl (C=O) groups excluding carboxylic acids is 2. The third-order valence-corrected chi connectivity index (χ3v) is 4.69. The van der Waals surface area contributed by atoms with Crippen LogP contribution in [0.25, 0.3) is 5.76 Å². The second-order valence-corrected chi connectivity index (χ2v) is 6.81. The van der Waals surface area contributed by atoms with Gasteiger partial charge in [0.1, 0.15) is 11.5 Å². The smallest absolute Gasteiger partial charge is 0.295 e. The van der Waals surface area contributed by atoms with E-state index in [9.17, 15) is 14.7 Å². The summed E-state index contributed by atoms with van der Waals surface area (Å²) in [7, 11) is 5.32. The molecule has 2 aromatic rings. The van der Waals surface area contributed by atoms with E-state index in [-0.39, 0.29) is 11.3 Å². The zero-order valence-electron chi connectivity index (χ0n) is 16.1. The van der Waals surface area contributed by atoms with Crippen molar-refractivity contribution in [2.75, 3.05) is 34.3 Å². The van der Waals surface area contributed by atoms with Gasteiger partial charge in [-0.25, -0.2) is 0 Å². The molecule has 1 aliphatic rings. The number of likely N-dealkylation sites (tertiary alicyclic amines) is 1. The summed E-state index contributed by atoms with van der Waals surface area (Å²) in [6.45, 7) is 0.952. The van der Waals surface area contributed by atoms with Crippen LogP contribution in [0.5, 0.6) is 5.75 Å². The molecule has 1 amide bonds. The summed E-state index contributed by atoms with van der Waals surface area (Å²) < 4.78 is 5.20. The number of aliphatic hydroxyl groups is 1. The first-order valence-electron chi connectivity index (χ1n) is 8.91. The van der Waals surface area contributed by atoms with Crippen LogP contribution >= 0.6 is 0 Å². The van der Waals surface area contributed by atoms with Gasteiger partial charge < -0.3 is 19.6 Å². The molecule has 1 atom stereocenters. The molecule has 1 fully saturated rings. The molecule has 0 saturated carbocycles. The number of nitrogens with zero attached hydrogens (tertiary/aromatic N) is 3. The van der Waals surface area contributed by atoms with E-state index in [1.165, 1.54) is 12.0 Å². The van der Waals surface area contributed by atoms with Gasteiger partial charge in [-0.3, -0.25) is 14.6 Å². The molecule has 2 heterocycles. The largest absolute Gasteiger partial charge is 0.507 e. The summed E-state index contributed by atoms with van der Waals surface area (Å²) in [6, 6.07) is 9.59. The maximum Gasteiger partial charge on any atom is 0.295 e. The van der Waals surface area contributed by atoms with Crippen LogP contribution in [0, 0.1) is 0 Å². The number of rotatable bonds is 6. The molecule has 1 unspecified atom stereocenters. The fourth-order valence-corrected chi connectivity index (χ4v) is 3.24. The van der Waals surface area contributed by atoms with Gasteiger partial charge in [0.15, 0.2) is 0 Å². The van der Waals surface area contributed by atoms with E-state index in [0.717, 1.165) is 5.56 Å². The molecule has 1 aliphatic heterocycles. The molecule has 7 nitrogen and oxygen atoms in total. The lowest BCUT2D eigenvalue weighted by Crippen LogP contribution is -2.35. The van der Waals surface area contributed by atoms with E-state index in [4.69, 9.17) is 4.74 Å². The maximum absolute atomic E-state index is 12.8. The molecule has 0 aliphatic carbocycles. The average molecular weight is 381 g/mol. The number of Topliss-reactive ketones (excluding diaryl/α,β-unsaturated/α-hetero) is 1. The van der Waals surface area contributed by atoms with E-state index in [0.29, 0.717) is 24.4 Å². The van der Waals surface area contributed by atoms with Crippen molar-refractivity contribution in [3.63, 3.8) is 0 Å². The molecule has 1 aromatic heterocycles. The van der Waals surface area contributed by atoms with E-state index in [1.807, 2.05) is 19.0 Å². The molecule has 0 bridgehead atoms. The highest BCUT2D eigenvalue weighted by molar-refractivity contribution is 6.46. The normalized spacial score (nSPS) is 18.7. The summed E-state index contributed by atoms with van der Waals surface area (Å²) in [4.78, 5) is 33.0. The number of ether oxygens (including phenoxy) is 1. The summed E-state index contributed by atoms with van der Waals surface area (Å²) in [5, 5.41) is 11.0. The molecule has 1 saturated heterocycles. The molecule has 7 heteroatoms. The highest BCUT2D eigenvalue weighted by Gasteiger charge is 2.45. The predicted molar refractivity (Wildman–Crippen MR) is 105 cm³/mol. The van der Waals surface area contributed by atoms with Crippen LogP contribution in [0.4, 0.5) is 0 Å². The maximum atomic E-state index is 12.8. The van der Waals surface area contributed by atoms with Crippen molar-refractivity contribution in [3.8, 4) is 5.75 Å². The Hall–Kier alpha value is -3.19. The van der Waals surface area contributed by atoms with Crippen LogP contribution in [0.1, 0.15) is 17.2 Å². The lowest BCUT2D eigenvalue weighted by molar-refractivity contribution is -0.140. The van der Waals surface area contributed by atoms with Crippen molar-refractivity contribution in [2.45, 2.75) is 6.04 Å². The van der Waals surface area contributed by atoms with Gasteiger partial charge in [-0.2, -0.15) is 0 Å². The Kier molecular flexibility index (Phi) is 5.75. The van der Waals surface area contributed by atoms with E-state index in [1.54, 1.807) is 48.8 Å². The molecule has 146 valence electrons. The number of aliphatic hydroxyl groups excluding tert-OH is 1. The Morgan fingerprint density at radius 2 is 1.93 bits per heavy atom. The number of methoxy groups -OCH3 is 1. The number of amides is 1. The minimum absolute atomic E-state index is 0.0724. The molecule has 3 rings (SSSR count). The quantitative estimate of drug-likeness (QED) is 0.469. The van der Waals surface area contributed by atoms with Gasteiger partial charge in [-0.15, -0.1) is 0 Å². The Bertz CT molecular complexity index is 909. The Morgan fingerprint density at radius 3 is 2.57 bits per heavy atom. The number of ketones is 1. The standard InChI is InChI=1S/C21H23N3O4/c1-23(2)11-12-24-18(14-7-9-22-10-8-14)17(20(26)21(24)27)19(25)15-5-4-6-16(13-15)28-3/h4-10,13,18,25H,11-12H2,1-3H3. The van der Waals surface area contributed by atoms with E-state index < -0.39 is 17.7 Å². The van der Waals surface area contributed by atoms with Gasteiger partial charge in [0.05, 0.1) is 18.7 Å². The van der Waals surface area contributed by atoms with Gasteiger partial charge >= 0.3 is 0 Å². The third-order valence-electron chi connectivity index (χ3n) is 4.69. The van der Waals surface area contributed by atoms with Crippen molar-refractivity contribution in [1.82, 2.24) is 14.8 Å². The minimum Gasteiger partial charge on any atom is -0.507 e. The number of benzene rings is 1. The summed E-state index contributed by atoms with van der Waals surface area (Å²) in [6.07, 6.45) is 3.21. The number of hydrogen-bond donors (Lipinski definition) is 1. The summed E-state index contributed by atoms with van der Waals surface area (Å²) in [5.41, 5.74) is 1.21. The lowest BCUT2D eigenvalue weighted by atomic mass is 9.96. The summed E-state index contributed by atoms with van der Waals surface area (Å²) in [5.74, 6) is -0.980. The van der Waals surface area contributed by atoms with Crippen LogP contribution in [0.2, 0.25) is 0 Å². The first-order valence-corrected chi connectivity index (χ1v) is 8.91. The monoisotopic (exact) mass is 381 g/mol. The number of pyridine rings is 1. The lowest BCUT2D eigenvalue weighted by Gasteiger charge is -2.26. The zero-order valence-corrected chi connectivity index (χ0v) is 16.1. The number of hydrogen-bond acceptors (Lipinski definition) is 6. The topological polar surface area (TPSA) is 83.0 Å². The van der Waals surface area contributed by atoms with Crippen LogP contribution < -0.4 is 4.74 Å². The first kappa shape index (κ1) is 19.6. The average Bonchev–Trinajstić information content (AvgIpc) is 2.97. The minimum atomic E-state index is -0.694. The Morgan fingerprint density at radius 1 is 1.21 bits per heavy atom. The second-order valence-electron chi connectivity index (χ2n) is 6.81. The molecule has 0 radical (unpaired) electrons. The van der Waals surface area contributed by atoms with E-state index in [2.05, 4.69) is 4.98 Å². The van der Waals surface area contributed by atoms with Gasteiger partial charge in [-0.05, 0) is 43.9 Å². The Balaban J connectivity index is 2.13. The van der Waals surface area contributed by atoms with E-state index >= 15 is 0 Å². The molecule has 0 spiro atoms. The fourth-order valence-electron chi connectivity index (χ4n) is 3.24. The van der Waals surface area contributed by atoms with Crippen molar-refractivity contribution in [3.05, 3.63) is 65.5 Å². The zero-order chi connectivity index (χ0) is 20.3. The van der Waals surface area contributed by atoms with Gasteiger partial charge in [0.25, 0.3) is 11.7 Å². The highest BCUT2D eigenvalue weighted by Crippen LogP contribution is 2.39. The van der Waals surface area contributed by atoms with Crippen molar-refractivity contribution in [2.24, 2.45) is 0 Å².